The molecular weight excluding hydrogens is 462 g/mol. The molecule has 2 aromatic carbocycles. The van der Waals surface area contributed by atoms with Gasteiger partial charge in [-0.15, -0.1) is 0 Å². The van der Waals surface area contributed by atoms with Crippen LogP contribution in [0.3, 0.4) is 0 Å². The van der Waals surface area contributed by atoms with Gasteiger partial charge in [-0.3, -0.25) is 9.69 Å². The predicted octanol–water partition coefficient (Wildman–Crippen LogP) is 3.73. The number of hydrogen-bond donors (Lipinski definition) is 1. The van der Waals surface area contributed by atoms with E-state index in [4.69, 9.17) is 32.7 Å². The van der Waals surface area contributed by atoms with Crippen LogP contribution < -0.4 is 9.64 Å². The minimum Gasteiger partial charge on any atom is -0.481 e. The van der Waals surface area contributed by atoms with Gasteiger partial charge in [0.25, 0.3) is 5.91 Å². The number of benzene rings is 2. The molecule has 1 N–H and O–H groups in total. The number of carbonyl (C=O) groups excluding carboxylic acids is 2. The highest BCUT2D eigenvalue weighted by Crippen LogP contribution is 2.44. The zero-order valence-corrected chi connectivity index (χ0v) is 18.3. The van der Waals surface area contributed by atoms with Crippen molar-refractivity contribution < 1.29 is 28.6 Å². The number of aliphatic hydroxyl groups excluding tert-OH is 1. The molecule has 0 radical (unpaired) electrons. The topological polar surface area (TPSA) is 79.3 Å². The number of halogens is 3. The van der Waals surface area contributed by atoms with Gasteiger partial charge in [0, 0.05) is 34.8 Å². The lowest BCUT2D eigenvalue weighted by atomic mass is 10.1. The van der Waals surface area contributed by atoms with Crippen LogP contribution in [0.1, 0.15) is 23.7 Å². The summed E-state index contributed by atoms with van der Waals surface area (Å²) >= 11 is 12.7. The summed E-state index contributed by atoms with van der Waals surface area (Å²) in [7, 11) is 0. The van der Waals surface area contributed by atoms with Gasteiger partial charge in [0.05, 0.1) is 17.8 Å². The van der Waals surface area contributed by atoms with Gasteiger partial charge >= 0.3 is 6.09 Å². The first-order chi connectivity index (χ1) is 15.3. The van der Waals surface area contributed by atoms with E-state index in [-0.39, 0.29) is 24.1 Å². The van der Waals surface area contributed by atoms with E-state index in [1.165, 1.54) is 12.1 Å². The summed E-state index contributed by atoms with van der Waals surface area (Å²) in [5.74, 6) is -1.30. The number of imide groups is 1. The smallest absolute Gasteiger partial charge is 0.421 e. The fraction of sp³-hybridized carbons (Fsp3) is 0.364. The van der Waals surface area contributed by atoms with E-state index in [0.29, 0.717) is 36.0 Å². The molecule has 3 aliphatic rings. The number of β-amino-alcohol motifs (C(OH)–C–C–N with tert-alkyl or cyclic N) is 1. The molecule has 2 amide bonds. The van der Waals surface area contributed by atoms with Gasteiger partial charge in [-0.05, 0) is 42.7 Å². The average molecular weight is 481 g/mol. The largest absolute Gasteiger partial charge is 0.481 e. The van der Waals surface area contributed by atoms with E-state index < -0.39 is 30.0 Å². The van der Waals surface area contributed by atoms with Crippen LogP contribution in [0.5, 0.6) is 5.75 Å². The Bertz CT molecular complexity index is 1100. The molecule has 168 valence electrons. The van der Waals surface area contributed by atoms with E-state index in [9.17, 15) is 19.1 Å². The molecule has 0 spiro atoms. The third kappa shape index (κ3) is 3.71. The Balaban J connectivity index is 1.52. The lowest BCUT2D eigenvalue weighted by Crippen LogP contribution is -2.39. The molecule has 7 nitrogen and oxygen atoms in total. The van der Waals surface area contributed by atoms with Crippen LogP contribution in [0, 0.1) is 5.82 Å². The number of anilines is 1. The SMILES string of the molecule is O=C1COC(=O)N1c1ccc(F)c(O[C@H]2c3cc(Cl)cc(Cl)c3C[C@@H]2N2CCC(O)C2)c1. The maximum absolute atomic E-state index is 14.8. The molecule has 0 saturated carbocycles. The van der Waals surface area contributed by atoms with Crippen molar-refractivity contribution in [3.05, 3.63) is 57.3 Å². The highest BCUT2D eigenvalue weighted by molar-refractivity contribution is 6.35. The van der Waals surface area contributed by atoms with Crippen molar-refractivity contribution in [2.75, 3.05) is 24.6 Å². The van der Waals surface area contributed by atoms with Gasteiger partial charge in [-0.2, -0.15) is 0 Å². The van der Waals surface area contributed by atoms with Crippen LogP contribution >= 0.6 is 23.2 Å². The van der Waals surface area contributed by atoms with E-state index in [1.807, 2.05) is 0 Å². The molecule has 2 saturated heterocycles. The summed E-state index contributed by atoms with van der Waals surface area (Å²) in [5, 5.41) is 11.0. The molecule has 1 unspecified atom stereocenters. The first-order valence-corrected chi connectivity index (χ1v) is 10.9. The maximum atomic E-state index is 14.8. The van der Waals surface area contributed by atoms with Crippen LogP contribution in [-0.4, -0.2) is 53.8 Å². The minimum absolute atomic E-state index is 0.117. The zero-order valence-electron chi connectivity index (χ0n) is 16.8. The lowest BCUT2D eigenvalue weighted by molar-refractivity contribution is -0.117. The molecule has 3 atom stereocenters. The van der Waals surface area contributed by atoms with Crippen molar-refractivity contribution in [3.8, 4) is 5.75 Å². The number of hydrogen-bond acceptors (Lipinski definition) is 6. The monoisotopic (exact) mass is 480 g/mol. The van der Waals surface area contributed by atoms with Crippen LogP contribution in [0.25, 0.3) is 0 Å². The van der Waals surface area contributed by atoms with Crippen LogP contribution in [0.15, 0.2) is 30.3 Å². The third-order valence-corrected chi connectivity index (χ3v) is 6.66. The zero-order chi connectivity index (χ0) is 22.6. The Morgan fingerprint density at radius 3 is 2.69 bits per heavy atom. The number of likely N-dealkylation sites (tertiary alicyclic amines) is 1. The van der Waals surface area contributed by atoms with Gasteiger partial charge < -0.3 is 14.6 Å². The number of aliphatic hydroxyl groups is 1. The molecule has 0 aromatic heterocycles. The van der Waals surface area contributed by atoms with Crippen LogP contribution in [-0.2, 0) is 16.0 Å². The summed E-state index contributed by atoms with van der Waals surface area (Å²) in [6.07, 6.45) is -0.678. The van der Waals surface area contributed by atoms with E-state index in [1.54, 1.807) is 12.1 Å². The van der Waals surface area contributed by atoms with Crippen molar-refractivity contribution >= 4 is 40.9 Å². The van der Waals surface area contributed by atoms with Crippen molar-refractivity contribution in [1.82, 2.24) is 4.90 Å². The van der Waals surface area contributed by atoms with Crippen molar-refractivity contribution in [2.45, 2.75) is 31.1 Å². The Kier molecular flexibility index (Phi) is 5.49. The van der Waals surface area contributed by atoms with Gasteiger partial charge in [-0.1, -0.05) is 23.2 Å². The number of rotatable bonds is 4. The number of ether oxygens (including phenoxy) is 2. The summed E-state index contributed by atoms with van der Waals surface area (Å²) in [5.41, 5.74) is 1.77. The molecule has 2 aromatic rings. The number of fused-ring (bicyclic) bond motifs is 1. The fourth-order valence-corrected chi connectivity index (χ4v) is 5.20. The number of nitrogens with zero attached hydrogens (tertiary/aromatic N) is 2. The third-order valence-electron chi connectivity index (χ3n) is 6.11. The molecule has 0 bridgehead atoms. The molecule has 2 aliphatic heterocycles. The van der Waals surface area contributed by atoms with Crippen molar-refractivity contribution in [2.24, 2.45) is 0 Å². The lowest BCUT2D eigenvalue weighted by Gasteiger charge is -2.30. The second kappa shape index (κ2) is 8.19. The molecule has 2 heterocycles. The highest BCUT2D eigenvalue weighted by Gasteiger charge is 2.42. The van der Waals surface area contributed by atoms with Gasteiger partial charge in [0.15, 0.2) is 18.2 Å². The fourth-order valence-electron chi connectivity index (χ4n) is 4.61. The van der Waals surface area contributed by atoms with Gasteiger partial charge in [0.1, 0.15) is 6.10 Å². The van der Waals surface area contributed by atoms with Crippen LogP contribution in [0.2, 0.25) is 10.0 Å². The Hall–Kier alpha value is -2.39. The number of carbonyl (C=O) groups is 2. The first-order valence-electron chi connectivity index (χ1n) is 10.2. The van der Waals surface area contributed by atoms with Crippen molar-refractivity contribution in [1.29, 1.82) is 0 Å². The van der Waals surface area contributed by atoms with Crippen LogP contribution in [0.4, 0.5) is 14.9 Å². The molecular formula is C22H19Cl2FN2O5. The minimum atomic E-state index is -0.818. The molecule has 5 rings (SSSR count). The predicted molar refractivity (Wildman–Crippen MR) is 115 cm³/mol. The van der Waals surface area contributed by atoms with Gasteiger partial charge in [-0.25, -0.2) is 14.1 Å². The summed E-state index contributed by atoms with van der Waals surface area (Å²) in [4.78, 5) is 26.9. The normalized spacial score (nSPS) is 25.4. The maximum Gasteiger partial charge on any atom is 0.421 e. The van der Waals surface area contributed by atoms with E-state index >= 15 is 0 Å². The highest BCUT2D eigenvalue weighted by atomic mass is 35.5. The quantitative estimate of drug-likeness (QED) is 0.718. The molecule has 32 heavy (non-hydrogen) atoms. The number of amides is 2. The Morgan fingerprint density at radius 2 is 2.00 bits per heavy atom. The second-order valence-corrected chi connectivity index (χ2v) is 8.94. The van der Waals surface area contributed by atoms with Gasteiger partial charge in [0.2, 0.25) is 0 Å². The first kappa shape index (κ1) is 21.5. The second-order valence-electron chi connectivity index (χ2n) is 8.10. The Morgan fingerprint density at radius 1 is 1.19 bits per heavy atom. The summed E-state index contributed by atoms with van der Waals surface area (Å²) in [6.45, 7) is 0.779. The van der Waals surface area contributed by atoms with E-state index in [0.717, 1.165) is 22.1 Å². The molecule has 2 fully saturated rings. The molecule has 10 heteroatoms. The summed E-state index contributed by atoms with van der Waals surface area (Å²) in [6, 6.07) is 6.98. The average Bonchev–Trinajstić information content (AvgIpc) is 3.42. The van der Waals surface area contributed by atoms with E-state index in [2.05, 4.69) is 4.90 Å². The standard InChI is InChI=1S/C22H19Cl2FN2O5/c23-11-5-15-14(16(24)6-11)8-18(26-4-3-13(28)9-26)21(15)32-19-7-12(1-2-17(19)25)27-20(29)10-31-22(27)30/h1-2,5-7,13,18,21,28H,3-4,8-10H2/t13?,18-,21-/m0/s1. The molecule has 1 aliphatic carbocycles. The summed E-state index contributed by atoms with van der Waals surface area (Å²) < 4.78 is 25.7. The number of cyclic esters (lactones) is 1. The van der Waals surface area contributed by atoms with Crippen molar-refractivity contribution in [3.63, 3.8) is 0 Å². The Labute approximate surface area is 193 Å².